The second-order valence-electron chi connectivity index (χ2n) is 4.94. The molecule has 0 fully saturated rings. The first-order valence-corrected chi connectivity index (χ1v) is 8.16. The minimum absolute atomic E-state index is 0.505. The van der Waals surface area contributed by atoms with Crippen molar-refractivity contribution in [2.75, 3.05) is 18.6 Å². The summed E-state index contributed by atoms with van der Waals surface area (Å²) in [5.74, 6) is 0.785. The Kier molecular flexibility index (Phi) is 4.62. The number of benzene rings is 1. The Hall–Kier alpha value is -2.34. The Bertz CT molecular complexity index is 748. The molecule has 0 amide bonds. The number of carbonyl (C=O) groups excluding carboxylic acids is 1. The van der Waals surface area contributed by atoms with Crippen molar-refractivity contribution in [2.45, 2.75) is 18.0 Å². The van der Waals surface area contributed by atoms with E-state index < -0.39 is 6.04 Å². The van der Waals surface area contributed by atoms with Crippen LogP contribution in [0.2, 0.25) is 0 Å². The van der Waals surface area contributed by atoms with E-state index in [1.165, 1.54) is 11.8 Å². The van der Waals surface area contributed by atoms with E-state index in [-0.39, 0.29) is 0 Å². The van der Waals surface area contributed by atoms with Crippen molar-refractivity contribution >= 4 is 28.9 Å². The lowest BCUT2D eigenvalue weighted by Crippen LogP contribution is -2.30. The number of rotatable bonds is 4. The van der Waals surface area contributed by atoms with Gasteiger partial charge in [0.1, 0.15) is 23.1 Å². The molecule has 0 radical (unpaired) electrons. The summed E-state index contributed by atoms with van der Waals surface area (Å²) >= 11 is 1.48. The molecular formula is C17H17N3O2S. The SMILES string of the molecule is CCN(C1=NC(C=O)c2cccnc2S1)c1cccc(OC)c1. The minimum atomic E-state index is -0.505. The molecule has 0 saturated carbocycles. The first-order chi connectivity index (χ1) is 11.3. The predicted molar refractivity (Wildman–Crippen MR) is 92.3 cm³/mol. The lowest BCUT2D eigenvalue weighted by molar-refractivity contribution is -0.109. The third-order valence-corrected chi connectivity index (χ3v) is 4.64. The molecule has 1 aliphatic heterocycles. The molecule has 1 aliphatic rings. The van der Waals surface area contributed by atoms with Gasteiger partial charge < -0.3 is 14.4 Å². The van der Waals surface area contributed by atoms with Crippen LogP contribution in [0.3, 0.4) is 0 Å². The van der Waals surface area contributed by atoms with Crippen molar-refractivity contribution in [3.8, 4) is 5.75 Å². The van der Waals surface area contributed by atoms with Gasteiger partial charge in [0.05, 0.1) is 7.11 Å². The first-order valence-electron chi connectivity index (χ1n) is 7.34. The molecule has 0 saturated heterocycles. The van der Waals surface area contributed by atoms with E-state index in [9.17, 15) is 4.79 Å². The highest BCUT2D eigenvalue weighted by Crippen LogP contribution is 2.36. The molecule has 1 unspecified atom stereocenters. The smallest absolute Gasteiger partial charge is 0.171 e. The topological polar surface area (TPSA) is 54.8 Å². The molecule has 118 valence electrons. The molecule has 0 spiro atoms. The number of hydrogen-bond acceptors (Lipinski definition) is 6. The highest BCUT2D eigenvalue weighted by atomic mass is 32.2. The van der Waals surface area contributed by atoms with Crippen LogP contribution in [0.4, 0.5) is 5.69 Å². The molecule has 0 aliphatic carbocycles. The van der Waals surface area contributed by atoms with Crippen LogP contribution >= 0.6 is 11.8 Å². The number of anilines is 1. The summed E-state index contributed by atoms with van der Waals surface area (Å²) in [6.07, 6.45) is 2.60. The monoisotopic (exact) mass is 327 g/mol. The van der Waals surface area contributed by atoms with Crippen LogP contribution < -0.4 is 9.64 Å². The van der Waals surface area contributed by atoms with E-state index in [2.05, 4.69) is 14.9 Å². The average Bonchev–Trinajstić information content (AvgIpc) is 2.62. The fraction of sp³-hybridized carbons (Fsp3) is 0.235. The van der Waals surface area contributed by atoms with Gasteiger partial charge in [0.15, 0.2) is 5.17 Å². The maximum absolute atomic E-state index is 11.4. The van der Waals surface area contributed by atoms with Gasteiger partial charge in [-0.25, -0.2) is 9.98 Å². The van der Waals surface area contributed by atoms with Gasteiger partial charge in [-0.3, -0.25) is 0 Å². The van der Waals surface area contributed by atoms with Crippen LogP contribution in [-0.4, -0.2) is 30.1 Å². The number of methoxy groups -OCH3 is 1. The van der Waals surface area contributed by atoms with E-state index in [0.717, 1.165) is 40.0 Å². The van der Waals surface area contributed by atoms with Crippen LogP contribution in [0.25, 0.3) is 0 Å². The van der Waals surface area contributed by atoms with E-state index in [1.54, 1.807) is 13.3 Å². The zero-order valence-corrected chi connectivity index (χ0v) is 13.8. The largest absolute Gasteiger partial charge is 0.497 e. The van der Waals surface area contributed by atoms with Crippen LogP contribution in [0.15, 0.2) is 52.6 Å². The Morgan fingerprint density at radius 3 is 2.96 bits per heavy atom. The average molecular weight is 327 g/mol. The number of carbonyl (C=O) groups is 1. The summed E-state index contributed by atoms with van der Waals surface area (Å²) in [5.41, 5.74) is 1.83. The van der Waals surface area contributed by atoms with Crippen LogP contribution in [0.1, 0.15) is 18.5 Å². The molecule has 0 bridgehead atoms. The van der Waals surface area contributed by atoms with E-state index in [1.807, 2.05) is 43.3 Å². The summed E-state index contributed by atoms with van der Waals surface area (Å²) in [6.45, 7) is 2.78. The van der Waals surface area contributed by atoms with Gasteiger partial charge in [0.25, 0.3) is 0 Å². The maximum atomic E-state index is 11.4. The number of pyridine rings is 1. The van der Waals surface area contributed by atoms with Crippen molar-refractivity contribution in [3.63, 3.8) is 0 Å². The summed E-state index contributed by atoms with van der Waals surface area (Å²) in [7, 11) is 1.64. The van der Waals surface area contributed by atoms with E-state index >= 15 is 0 Å². The Morgan fingerprint density at radius 2 is 2.22 bits per heavy atom. The van der Waals surface area contributed by atoms with Crippen molar-refractivity contribution in [1.29, 1.82) is 0 Å². The van der Waals surface area contributed by atoms with Gasteiger partial charge >= 0.3 is 0 Å². The van der Waals surface area contributed by atoms with Gasteiger partial charge in [-0.15, -0.1) is 0 Å². The summed E-state index contributed by atoms with van der Waals surface area (Å²) < 4.78 is 5.29. The number of ether oxygens (including phenoxy) is 1. The zero-order valence-electron chi connectivity index (χ0n) is 13.0. The molecular weight excluding hydrogens is 310 g/mol. The van der Waals surface area contributed by atoms with Crippen LogP contribution in [-0.2, 0) is 4.79 Å². The molecule has 1 atom stereocenters. The van der Waals surface area contributed by atoms with Gasteiger partial charge in [0.2, 0.25) is 0 Å². The minimum Gasteiger partial charge on any atom is -0.497 e. The van der Waals surface area contributed by atoms with Crippen molar-refractivity contribution in [3.05, 3.63) is 48.2 Å². The molecule has 6 heteroatoms. The third kappa shape index (κ3) is 3.07. The van der Waals surface area contributed by atoms with Crippen molar-refractivity contribution in [1.82, 2.24) is 4.98 Å². The van der Waals surface area contributed by atoms with Crippen molar-refractivity contribution < 1.29 is 9.53 Å². The normalized spacial score (nSPS) is 16.3. The third-order valence-electron chi connectivity index (χ3n) is 3.60. The molecule has 5 nitrogen and oxygen atoms in total. The van der Waals surface area contributed by atoms with Gasteiger partial charge in [-0.05, 0) is 36.9 Å². The quantitative estimate of drug-likeness (QED) is 0.806. The molecule has 1 aromatic carbocycles. The molecule has 0 N–H and O–H groups in total. The number of aromatic nitrogens is 1. The van der Waals surface area contributed by atoms with Crippen molar-refractivity contribution in [2.24, 2.45) is 4.99 Å². The van der Waals surface area contributed by atoms with Crippen LogP contribution in [0, 0.1) is 0 Å². The number of aldehydes is 1. The van der Waals surface area contributed by atoms with E-state index in [0.29, 0.717) is 0 Å². The second kappa shape index (κ2) is 6.83. The highest BCUT2D eigenvalue weighted by molar-refractivity contribution is 8.14. The lowest BCUT2D eigenvalue weighted by atomic mass is 10.1. The number of thioether (sulfide) groups is 1. The van der Waals surface area contributed by atoms with E-state index in [4.69, 9.17) is 4.74 Å². The molecule has 2 heterocycles. The van der Waals surface area contributed by atoms with Gasteiger partial charge in [0, 0.05) is 30.1 Å². The molecule has 1 aromatic heterocycles. The highest BCUT2D eigenvalue weighted by Gasteiger charge is 2.26. The predicted octanol–water partition coefficient (Wildman–Crippen LogP) is 3.32. The fourth-order valence-corrected chi connectivity index (χ4v) is 3.55. The Balaban J connectivity index is 1.98. The summed E-state index contributed by atoms with van der Waals surface area (Å²) in [5, 5.41) is 1.60. The van der Waals surface area contributed by atoms with Gasteiger partial charge in [-0.1, -0.05) is 12.1 Å². The Labute approximate surface area is 139 Å². The molecule has 2 aromatic rings. The number of aliphatic imine (C=N–C) groups is 1. The summed E-state index contributed by atoms with van der Waals surface area (Å²) in [6, 6.07) is 11.0. The standard InChI is InChI=1S/C17H17N3O2S/c1-3-20(12-6-4-7-13(10-12)22-2)17-19-15(11-21)14-8-5-9-18-16(14)23-17/h4-11,15H,3H2,1-2H3. The van der Waals surface area contributed by atoms with Crippen LogP contribution in [0.5, 0.6) is 5.75 Å². The number of nitrogens with zero attached hydrogens (tertiary/aromatic N) is 3. The molecule has 3 rings (SSSR count). The number of hydrogen-bond donors (Lipinski definition) is 0. The Morgan fingerprint density at radius 1 is 1.35 bits per heavy atom. The number of amidine groups is 1. The maximum Gasteiger partial charge on any atom is 0.171 e. The zero-order chi connectivity index (χ0) is 16.2. The number of fused-ring (bicyclic) bond motifs is 1. The second-order valence-corrected chi connectivity index (χ2v) is 5.89. The lowest BCUT2D eigenvalue weighted by Gasteiger charge is -2.28. The fourth-order valence-electron chi connectivity index (χ4n) is 2.45. The first kappa shape index (κ1) is 15.6. The summed E-state index contributed by atoms with van der Waals surface area (Å²) in [4.78, 5) is 22.5. The van der Waals surface area contributed by atoms with Gasteiger partial charge in [-0.2, -0.15) is 0 Å². The molecule has 23 heavy (non-hydrogen) atoms.